The van der Waals surface area contributed by atoms with E-state index in [1.54, 1.807) is 13.0 Å². The molecule has 6 aromatic rings. The fourth-order valence-electron chi connectivity index (χ4n) is 19.8. The Hall–Kier alpha value is -7.67. The minimum atomic E-state index is -1.39. The van der Waals surface area contributed by atoms with Gasteiger partial charge in [0, 0.05) is 77.6 Å². The second kappa shape index (κ2) is 22.3. The van der Waals surface area contributed by atoms with Crippen LogP contribution in [0, 0.1) is 35.0 Å². The van der Waals surface area contributed by atoms with Gasteiger partial charge in [0.05, 0.1) is 25.4 Å². The summed E-state index contributed by atoms with van der Waals surface area (Å²) in [5.74, 6) is -1.42. The van der Waals surface area contributed by atoms with Crippen LogP contribution in [0.1, 0.15) is 173 Å². The smallest absolute Gasteiger partial charge is 0.340 e. The Morgan fingerprint density at radius 2 is 1.58 bits per heavy atom. The Labute approximate surface area is 525 Å². The van der Waals surface area contributed by atoms with Crippen molar-refractivity contribution in [3.63, 3.8) is 0 Å². The van der Waals surface area contributed by atoms with Gasteiger partial charge in [-0.3, -0.25) is 4.79 Å². The summed E-state index contributed by atoms with van der Waals surface area (Å²) in [7, 11) is 1.52. The molecule has 1 aromatic heterocycles. The molecule has 4 heterocycles. The Balaban J connectivity index is 0.906. The van der Waals surface area contributed by atoms with E-state index in [1.165, 1.54) is 58.0 Å². The molecule has 7 aliphatic carbocycles. The molecule has 0 radical (unpaired) electrons. The molecule has 14 atom stereocenters. The summed E-state index contributed by atoms with van der Waals surface area (Å²) in [6.07, 6.45) is 28.6. The van der Waals surface area contributed by atoms with Crippen LogP contribution in [0.4, 0.5) is 0 Å². The van der Waals surface area contributed by atoms with Gasteiger partial charge in [0.2, 0.25) is 0 Å². The zero-order valence-electron chi connectivity index (χ0n) is 51.3. The van der Waals surface area contributed by atoms with Gasteiger partial charge in [0.25, 0.3) is 0 Å². The molecular formula is C79H78O11. The van der Waals surface area contributed by atoms with Crippen molar-refractivity contribution in [3.8, 4) is 5.75 Å². The number of aryl methyl sites for hydroxylation is 2. The van der Waals surface area contributed by atoms with Crippen molar-refractivity contribution in [1.82, 2.24) is 0 Å². The van der Waals surface area contributed by atoms with Crippen molar-refractivity contribution in [2.24, 2.45) is 35.0 Å². The zero-order chi connectivity index (χ0) is 61.2. The van der Waals surface area contributed by atoms with E-state index in [1.807, 2.05) is 6.07 Å². The summed E-state index contributed by atoms with van der Waals surface area (Å²) in [5.41, 5.74) is 11.2. The average Bonchev–Trinajstić information content (AvgIpc) is 1.33. The van der Waals surface area contributed by atoms with Gasteiger partial charge in [-0.2, -0.15) is 0 Å². The number of esters is 2. The highest BCUT2D eigenvalue weighted by atomic mass is 16.6. The van der Waals surface area contributed by atoms with Crippen LogP contribution in [0.2, 0.25) is 0 Å². The fourth-order valence-corrected chi connectivity index (χ4v) is 19.8. The maximum absolute atomic E-state index is 16.2. The van der Waals surface area contributed by atoms with E-state index in [0.29, 0.717) is 65.4 Å². The molecule has 16 rings (SSSR count). The third kappa shape index (κ3) is 8.61. The summed E-state index contributed by atoms with van der Waals surface area (Å²) < 4.78 is 34.5. The lowest BCUT2D eigenvalue weighted by Gasteiger charge is -2.56. The van der Waals surface area contributed by atoms with Crippen LogP contribution >= 0.6 is 0 Å². The minimum Gasteiger partial charge on any atom is -0.482 e. The average molecular weight is 1200 g/mol. The van der Waals surface area contributed by atoms with Gasteiger partial charge in [-0.1, -0.05) is 152 Å². The van der Waals surface area contributed by atoms with Gasteiger partial charge in [0.15, 0.2) is 17.8 Å². The molecule has 6 bridgehead atoms. The number of hydrogen-bond donors (Lipinski definition) is 3. The number of carbonyl (C=O) groups is 2. The first-order chi connectivity index (χ1) is 44.0. The van der Waals surface area contributed by atoms with E-state index in [2.05, 4.69) is 146 Å². The number of aliphatic hydroxyl groups is 3. The number of fused-ring (bicyclic) bond motifs is 13. The maximum atomic E-state index is 16.2. The molecule has 2 fully saturated rings. The van der Waals surface area contributed by atoms with E-state index in [4.69, 9.17) is 23.4 Å². The molecule has 2 spiro atoms. The molecule has 11 nitrogen and oxygen atoms in total. The second-order valence-electron chi connectivity index (χ2n) is 27.7. The highest BCUT2D eigenvalue weighted by Gasteiger charge is 2.69. The third-order valence-corrected chi connectivity index (χ3v) is 23.7. The van der Waals surface area contributed by atoms with E-state index in [0.717, 1.165) is 36.8 Å². The van der Waals surface area contributed by atoms with Crippen molar-refractivity contribution in [1.29, 1.82) is 0 Å². The molecular weight excluding hydrogens is 1120 g/mol. The van der Waals surface area contributed by atoms with E-state index < -0.39 is 53.3 Å². The standard InChI is InChI=1S/C79H78O11/c1-45(42-81)56-26-21-46-18-19-50-38-49(46)32-36-77-34-9-35-78(68(77)41-62-58-14-5-3-10-47(58)23-30-65(62)77)74(89-75(56)84)73(71-67(90-78)31-29-61-63(43-82)70(76(85)88-72(61)71)52(33-37-80)44-86-2)87-69(83)40-53-39-51(22-27-57(50)53)59-15-8-17-66-60(59)28-25-55-13-7-12-54-24-20-48-11-4-6-16-64(48)79(54,55)66/h3-6,8-11,14-20,22-25,27-31,34,38,51-55,57,62,65,68,73-74,80-82H,7,12-13,21,26,32-33,35-37,39-44H2,1-2H3. The van der Waals surface area contributed by atoms with Crippen molar-refractivity contribution < 1.29 is 48.3 Å². The van der Waals surface area contributed by atoms with E-state index in [9.17, 15) is 20.1 Å². The highest BCUT2D eigenvalue weighted by Crippen LogP contribution is 2.69. The van der Waals surface area contributed by atoms with Gasteiger partial charge >= 0.3 is 17.6 Å². The Kier molecular flexibility index (Phi) is 14.3. The summed E-state index contributed by atoms with van der Waals surface area (Å²) in [5, 5.41) is 33.0. The summed E-state index contributed by atoms with van der Waals surface area (Å²) >= 11 is 0. The van der Waals surface area contributed by atoms with Crippen molar-refractivity contribution in [3.05, 3.63) is 233 Å². The van der Waals surface area contributed by atoms with Crippen LogP contribution in [0.15, 0.2) is 160 Å². The number of rotatable bonds is 8. The first-order valence-electron chi connectivity index (χ1n) is 33.1. The zero-order valence-corrected chi connectivity index (χ0v) is 51.3. The van der Waals surface area contributed by atoms with Gasteiger partial charge in [0.1, 0.15) is 11.3 Å². The molecule has 0 amide bonds. The number of allylic oxidation sites excluding steroid dienone is 6. The number of benzene rings is 5. The molecule has 3 N–H and O–H groups in total. The van der Waals surface area contributed by atoms with Crippen LogP contribution in [0.5, 0.6) is 5.75 Å². The van der Waals surface area contributed by atoms with Crippen LogP contribution in [0.3, 0.4) is 0 Å². The van der Waals surface area contributed by atoms with Crippen LogP contribution < -0.4 is 10.4 Å². The van der Waals surface area contributed by atoms with E-state index in [-0.39, 0.29) is 96.7 Å². The van der Waals surface area contributed by atoms with Crippen molar-refractivity contribution in [2.45, 2.75) is 137 Å². The molecule has 10 aliphatic rings. The Bertz CT molecular complexity index is 4190. The monoisotopic (exact) mass is 1200 g/mol. The maximum Gasteiger partial charge on any atom is 0.340 e. The number of aliphatic hydroxyl groups excluding tert-OH is 3. The summed E-state index contributed by atoms with van der Waals surface area (Å²) in [6.45, 7) is 0.685. The van der Waals surface area contributed by atoms with Gasteiger partial charge in [-0.15, -0.1) is 0 Å². The van der Waals surface area contributed by atoms with E-state index >= 15 is 9.59 Å². The second-order valence-corrected chi connectivity index (χ2v) is 27.7. The Morgan fingerprint density at radius 1 is 0.778 bits per heavy atom. The van der Waals surface area contributed by atoms with Gasteiger partial charge < -0.3 is 38.7 Å². The molecule has 2 saturated carbocycles. The number of hydrogen-bond acceptors (Lipinski definition) is 11. The third-order valence-electron chi connectivity index (χ3n) is 23.7. The first-order valence-corrected chi connectivity index (χ1v) is 33.1. The van der Waals surface area contributed by atoms with Gasteiger partial charge in [-0.25, -0.2) is 9.59 Å². The number of ether oxygens (including phenoxy) is 4. The largest absolute Gasteiger partial charge is 0.482 e. The molecule has 460 valence electrons. The van der Waals surface area contributed by atoms with Crippen LogP contribution in [-0.2, 0) is 48.7 Å². The van der Waals surface area contributed by atoms with Crippen LogP contribution in [-0.4, -0.2) is 65.9 Å². The van der Waals surface area contributed by atoms with Crippen LogP contribution in [0.25, 0.3) is 29.2 Å². The fraction of sp³-hybridized carbons (Fsp3) is 0.405. The molecule has 90 heavy (non-hydrogen) atoms. The topological polar surface area (TPSA) is 162 Å². The van der Waals surface area contributed by atoms with Crippen molar-refractivity contribution >= 4 is 41.1 Å². The normalized spacial score (nSPS) is 32.2. The molecule has 5 aromatic carbocycles. The molecule has 0 saturated heterocycles. The van der Waals surface area contributed by atoms with Crippen molar-refractivity contribution in [2.75, 3.05) is 26.9 Å². The van der Waals surface area contributed by atoms with Gasteiger partial charge in [-0.05, 0) is 173 Å². The lowest BCUT2D eigenvalue weighted by atomic mass is 9.49. The predicted octanol–water partition coefficient (Wildman–Crippen LogP) is 13.9. The molecule has 3 aliphatic heterocycles. The molecule has 11 heteroatoms. The summed E-state index contributed by atoms with van der Waals surface area (Å²) in [4.78, 5) is 46.8. The predicted molar refractivity (Wildman–Crippen MR) is 346 cm³/mol. The SMILES string of the molecule is COCC(CCO)c1c(CO)c2ccc3c(c2oc1=O)C1OC(=O)CC2CC(c4cccc5c4C=CC4CCCC6C=Cc7ccccc7C564)C=CC2c2ccc4c(c2)CCC25C=CCC(O3)(C1OC(=O)C(=C(C)CO)CC4)C2CC1c2ccccc2C=CC15. The minimum absolute atomic E-state index is 0.00838. The Morgan fingerprint density at radius 3 is 2.41 bits per heavy atom. The summed E-state index contributed by atoms with van der Waals surface area (Å²) in [6, 6.07) is 35.0. The number of carbonyl (C=O) groups excluding carboxylic acids is 2. The quantitative estimate of drug-likeness (QED) is 0.0576. The number of methoxy groups -OCH3 is 1. The first kappa shape index (κ1) is 57.5. The highest BCUT2D eigenvalue weighted by molar-refractivity contribution is 5.91. The lowest BCUT2D eigenvalue weighted by molar-refractivity contribution is -0.210. The molecule has 14 unspecified atom stereocenters. The lowest BCUT2D eigenvalue weighted by Crippen LogP contribution is -2.64.